The zero-order valence-corrected chi connectivity index (χ0v) is 10.1. The van der Waals surface area contributed by atoms with Gasteiger partial charge in [0.1, 0.15) is 0 Å². The molecule has 0 saturated heterocycles. The highest BCUT2D eigenvalue weighted by atomic mass is 32.2. The van der Waals surface area contributed by atoms with Crippen molar-refractivity contribution in [1.29, 1.82) is 0 Å². The average molecular weight is 243 g/mol. The third kappa shape index (κ3) is 4.30. The van der Waals surface area contributed by atoms with Gasteiger partial charge in [-0.05, 0) is 17.5 Å². The molecule has 1 rings (SSSR count). The van der Waals surface area contributed by atoms with E-state index in [1.165, 1.54) is 0 Å². The summed E-state index contributed by atoms with van der Waals surface area (Å²) >= 11 is 0. The minimum atomic E-state index is -3.25. The molecule has 0 aliphatic carbocycles. The predicted molar refractivity (Wildman–Crippen MR) is 63.3 cm³/mol. The van der Waals surface area contributed by atoms with Crippen molar-refractivity contribution in [1.82, 2.24) is 4.72 Å². The van der Waals surface area contributed by atoms with Crippen molar-refractivity contribution in [3.8, 4) is 0 Å². The SMILES string of the molecule is CCCNS(=O)(=O)Cc1cccc(CO)c1. The molecule has 0 spiro atoms. The first kappa shape index (κ1) is 13.2. The van der Waals surface area contributed by atoms with Gasteiger partial charge in [0.25, 0.3) is 0 Å². The molecule has 0 unspecified atom stereocenters. The highest BCUT2D eigenvalue weighted by Crippen LogP contribution is 2.08. The van der Waals surface area contributed by atoms with E-state index in [1.807, 2.05) is 6.92 Å². The Hall–Kier alpha value is -0.910. The fourth-order valence-corrected chi connectivity index (χ4v) is 2.58. The number of aliphatic hydroxyl groups excluding tert-OH is 1. The molecule has 0 fully saturated rings. The number of nitrogens with one attached hydrogen (secondary N) is 1. The van der Waals surface area contributed by atoms with Crippen LogP contribution >= 0.6 is 0 Å². The first-order chi connectivity index (χ1) is 7.57. The molecule has 16 heavy (non-hydrogen) atoms. The highest BCUT2D eigenvalue weighted by molar-refractivity contribution is 7.88. The number of benzene rings is 1. The van der Waals surface area contributed by atoms with Gasteiger partial charge in [-0.3, -0.25) is 0 Å². The highest BCUT2D eigenvalue weighted by Gasteiger charge is 2.10. The Morgan fingerprint density at radius 1 is 1.31 bits per heavy atom. The Kier molecular flexibility index (Phi) is 4.92. The summed E-state index contributed by atoms with van der Waals surface area (Å²) in [4.78, 5) is 0. The second-order valence-electron chi connectivity index (χ2n) is 3.63. The summed E-state index contributed by atoms with van der Waals surface area (Å²) in [6.07, 6.45) is 0.774. The van der Waals surface area contributed by atoms with Gasteiger partial charge < -0.3 is 5.11 Å². The molecule has 0 aliphatic rings. The van der Waals surface area contributed by atoms with Crippen LogP contribution in [0.1, 0.15) is 24.5 Å². The summed E-state index contributed by atoms with van der Waals surface area (Å²) in [5.41, 5.74) is 1.42. The lowest BCUT2D eigenvalue weighted by Gasteiger charge is -2.06. The van der Waals surface area contributed by atoms with Crippen molar-refractivity contribution in [3.63, 3.8) is 0 Å². The lowest BCUT2D eigenvalue weighted by molar-refractivity contribution is 0.282. The van der Waals surface area contributed by atoms with E-state index in [0.29, 0.717) is 12.1 Å². The number of rotatable bonds is 6. The number of hydrogen-bond acceptors (Lipinski definition) is 3. The topological polar surface area (TPSA) is 66.4 Å². The predicted octanol–water partition coefficient (Wildman–Crippen LogP) is 1.01. The monoisotopic (exact) mass is 243 g/mol. The molecule has 0 radical (unpaired) electrons. The molecule has 0 saturated carbocycles. The summed E-state index contributed by atoms with van der Waals surface area (Å²) in [6.45, 7) is 2.30. The summed E-state index contributed by atoms with van der Waals surface area (Å²) in [6, 6.07) is 6.95. The van der Waals surface area contributed by atoms with E-state index in [2.05, 4.69) is 4.72 Å². The third-order valence-electron chi connectivity index (χ3n) is 2.10. The van der Waals surface area contributed by atoms with Gasteiger partial charge in [0.2, 0.25) is 10.0 Å². The normalized spacial score (nSPS) is 11.6. The Morgan fingerprint density at radius 3 is 2.62 bits per heavy atom. The van der Waals surface area contributed by atoms with Crippen LogP contribution in [0.4, 0.5) is 0 Å². The largest absolute Gasteiger partial charge is 0.392 e. The van der Waals surface area contributed by atoms with Crippen molar-refractivity contribution in [2.75, 3.05) is 6.54 Å². The van der Waals surface area contributed by atoms with Crippen LogP contribution in [0.5, 0.6) is 0 Å². The first-order valence-electron chi connectivity index (χ1n) is 5.23. The van der Waals surface area contributed by atoms with Crippen molar-refractivity contribution < 1.29 is 13.5 Å². The fourth-order valence-electron chi connectivity index (χ4n) is 1.35. The molecule has 4 nitrogen and oxygen atoms in total. The molecule has 0 heterocycles. The van der Waals surface area contributed by atoms with E-state index in [4.69, 9.17) is 5.11 Å². The van der Waals surface area contributed by atoms with Crippen molar-refractivity contribution >= 4 is 10.0 Å². The maximum atomic E-state index is 11.6. The Balaban J connectivity index is 2.72. The van der Waals surface area contributed by atoms with E-state index in [-0.39, 0.29) is 12.4 Å². The van der Waals surface area contributed by atoms with Gasteiger partial charge in [-0.15, -0.1) is 0 Å². The van der Waals surface area contributed by atoms with Gasteiger partial charge in [-0.1, -0.05) is 31.2 Å². The second-order valence-corrected chi connectivity index (χ2v) is 5.44. The molecule has 90 valence electrons. The standard InChI is InChI=1S/C11H17NO3S/c1-2-6-12-16(14,15)9-11-5-3-4-10(7-11)8-13/h3-5,7,12-13H,2,6,8-9H2,1H3. The molecule has 2 N–H and O–H groups in total. The van der Waals surface area contributed by atoms with Crippen LogP contribution in [-0.2, 0) is 22.4 Å². The summed E-state index contributed by atoms with van der Waals surface area (Å²) in [7, 11) is -3.25. The summed E-state index contributed by atoms with van der Waals surface area (Å²) in [5.74, 6) is -0.0408. The van der Waals surface area contributed by atoms with E-state index in [0.717, 1.165) is 12.0 Å². The van der Waals surface area contributed by atoms with Crippen LogP contribution in [-0.4, -0.2) is 20.1 Å². The van der Waals surface area contributed by atoms with Crippen LogP contribution in [0, 0.1) is 0 Å². The van der Waals surface area contributed by atoms with Crippen molar-refractivity contribution in [3.05, 3.63) is 35.4 Å². The van der Waals surface area contributed by atoms with Crippen LogP contribution in [0.3, 0.4) is 0 Å². The molecule has 1 aromatic carbocycles. The van der Waals surface area contributed by atoms with Crippen LogP contribution < -0.4 is 4.72 Å². The summed E-state index contributed by atoms with van der Waals surface area (Å²) < 4.78 is 25.7. The molecule has 0 aromatic heterocycles. The zero-order chi connectivity index (χ0) is 12.0. The van der Waals surface area contributed by atoms with E-state index in [9.17, 15) is 8.42 Å². The summed E-state index contributed by atoms with van der Waals surface area (Å²) in [5, 5.41) is 8.94. The van der Waals surface area contributed by atoms with Gasteiger partial charge in [-0.25, -0.2) is 13.1 Å². The fraction of sp³-hybridized carbons (Fsp3) is 0.455. The lowest BCUT2D eigenvalue weighted by Crippen LogP contribution is -2.25. The van der Waals surface area contributed by atoms with E-state index in [1.54, 1.807) is 24.3 Å². The third-order valence-corrected chi connectivity index (χ3v) is 3.46. The second kappa shape index (κ2) is 5.98. The van der Waals surface area contributed by atoms with Gasteiger partial charge in [-0.2, -0.15) is 0 Å². The van der Waals surface area contributed by atoms with Gasteiger partial charge >= 0.3 is 0 Å². The Bertz CT molecular complexity index is 429. The minimum absolute atomic E-state index is 0.0408. The maximum absolute atomic E-state index is 11.6. The number of sulfonamides is 1. The first-order valence-corrected chi connectivity index (χ1v) is 6.88. The van der Waals surface area contributed by atoms with E-state index >= 15 is 0 Å². The van der Waals surface area contributed by atoms with Crippen LogP contribution in [0.15, 0.2) is 24.3 Å². The smallest absolute Gasteiger partial charge is 0.215 e. The maximum Gasteiger partial charge on any atom is 0.215 e. The van der Waals surface area contributed by atoms with Gasteiger partial charge in [0.05, 0.1) is 12.4 Å². The average Bonchev–Trinajstić information content (AvgIpc) is 2.26. The Morgan fingerprint density at radius 2 is 2.00 bits per heavy atom. The van der Waals surface area contributed by atoms with Gasteiger partial charge in [0.15, 0.2) is 0 Å². The van der Waals surface area contributed by atoms with Gasteiger partial charge in [0, 0.05) is 6.54 Å². The Labute approximate surface area is 96.4 Å². The van der Waals surface area contributed by atoms with Crippen LogP contribution in [0.25, 0.3) is 0 Å². The quantitative estimate of drug-likeness (QED) is 0.783. The number of aliphatic hydroxyl groups is 1. The van der Waals surface area contributed by atoms with Crippen molar-refractivity contribution in [2.24, 2.45) is 0 Å². The van der Waals surface area contributed by atoms with E-state index < -0.39 is 10.0 Å². The molecule has 1 aromatic rings. The van der Waals surface area contributed by atoms with Crippen molar-refractivity contribution in [2.45, 2.75) is 25.7 Å². The molecule has 0 atom stereocenters. The lowest BCUT2D eigenvalue weighted by atomic mass is 10.1. The molecular formula is C11H17NO3S. The molecule has 5 heteroatoms. The molecular weight excluding hydrogens is 226 g/mol. The molecule has 0 amide bonds. The molecule has 0 bridgehead atoms. The molecule has 0 aliphatic heterocycles. The van der Waals surface area contributed by atoms with Crippen LogP contribution in [0.2, 0.25) is 0 Å². The number of hydrogen-bond donors (Lipinski definition) is 2. The zero-order valence-electron chi connectivity index (χ0n) is 9.31. The minimum Gasteiger partial charge on any atom is -0.392 e.